The molecular formula is C11H20N2O3S. The quantitative estimate of drug-likeness (QED) is 0.733. The summed E-state index contributed by atoms with van der Waals surface area (Å²) in [6.45, 7) is 4.53. The van der Waals surface area contributed by atoms with Crippen LogP contribution in [0, 0.1) is 0 Å². The van der Waals surface area contributed by atoms with Gasteiger partial charge in [0.25, 0.3) is 0 Å². The zero-order valence-electron chi connectivity index (χ0n) is 10.3. The number of nitrogens with two attached hydrogens (primary N) is 1. The fraction of sp³-hybridized carbons (Fsp3) is 0.818. The molecule has 5 nitrogen and oxygen atoms in total. The summed E-state index contributed by atoms with van der Waals surface area (Å²) in [6.07, 6.45) is 0.581. The van der Waals surface area contributed by atoms with E-state index in [1.807, 2.05) is 6.92 Å². The van der Waals surface area contributed by atoms with Gasteiger partial charge in [0.15, 0.2) is 0 Å². The van der Waals surface area contributed by atoms with Crippen molar-refractivity contribution in [2.45, 2.75) is 32.4 Å². The Morgan fingerprint density at radius 1 is 1.53 bits per heavy atom. The largest absolute Gasteiger partial charge is 0.464 e. The van der Waals surface area contributed by atoms with E-state index >= 15 is 0 Å². The molecule has 1 rings (SSSR count). The number of hydrogen-bond donors (Lipinski definition) is 1. The lowest BCUT2D eigenvalue weighted by Crippen LogP contribution is -2.55. The second-order valence-corrected chi connectivity index (χ2v) is 5.04. The zero-order valence-corrected chi connectivity index (χ0v) is 11.2. The highest BCUT2D eigenvalue weighted by atomic mass is 32.2. The van der Waals surface area contributed by atoms with Crippen LogP contribution in [0.25, 0.3) is 0 Å². The molecule has 6 heteroatoms. The van der Waals surface area contributed by atoms with Crippen LogP contribution in [0.3, 0.4) is 0 Å². The molecule has 0 radical (unpaired) electrons. The molecule has 0 aromatic rings. The number of nitrogens with zero attached hydrogens (tertiary/aromatic N) is 1. The minimum Gasteiger partial charge on any atom is -0.464 e. The minimum absolute atomic E-state index is 0.147. The van der Waals surface area contributed by atoms with Gasteiger partial charge >= 0.3 is 5.97 Å². The standard InChI is InChI=1S/C11H20N2O3S/c1-3-8(12)10(14)13-5-6-17-7-9(13)11(15)16-4-2/h8-9H,3-7,12H2,1-2H3/t8-,9?/m0/s1. The molecule has 0 aliphatic carbocycles. The molecule has 17 heavy (non-hydrogen) atoms. The molecule has 1 amide bonds. The van der Waals surface area contributed by atoms with Crippen molar-refractivity contribution in [3.63, 3.8) is 0 Å². The summed E-state index contributed by atoms with van der Waals surface area (Å²) in [5.74, 6) is 0.973. The van der Waals surface area contributed by atoms with Crippen LogP contribution in [0.15, 0.2) is 0 Å². The van der Waals surface area contributed by atoms with E-state index in [9.17, 15) is 9.59 Å². The predicted molar refractivity (Wildman–Crippen MR) is 67.7 cm³/mol. The van der Waals surface area contributed by atoms with Crippen LogP contribution in [0.5, 0.6) is 0 Å². The Morgan fingerprint density at radius 3 is 2.82 bits per heavy atom. The van der Waals surface area contributed by atoms with Crippen LogP contribution in [0.1, 0.15) is 20.3 Å². The Kier molecular flexibility index (Phi) is 5.77. The maximum atomic E-state index is 12.0. The summed E-state index contributed by atoms with van der Waals surface area (Å²) in [4.78, 5) is 25.4. The van der Waals surface area contributed by atoms with Crippen molar-refractivity contribution < 1.29 is 14.3 Å². The van der Waals surface area contributed by atoms with Gasteiger partial charge in [-0.05, 0) is 13.3 Å². The molecule has 2 atom stereocenters. The van der Waals surface area contributed by atoms with E-state index in [-0.39, 0.29) is 11.9 Å². The topological polar surface area (TPSA) is 72.6 Å². The number of rotatable bonds is 4. The lowest BCUT2D eigenvalue weighted by atomic mass is 10.1. The first-order chi connectivity index (χ1) is 8.11. The molecule has 0 aromatic carbocycles. The van der Waals surface area contributed by atoms with E-state index in [4.69, 9.17) is 10.5 Å². The van der Waals surface area contributed by atoms with Gasteiger partial charge in [-0.15, -0.1) is 0 Å². The number of carbonyl (C=O) groups excluding carboxylic acids is 2. The average molecular weight is 260 g/mol. The van der Waals surface area contributed by atoms with Gasteiger partial charge in [-0.2, -0.15) is 11.8 Å². The highest BCUT2D eigenvalue weighted by molar-refractivity contribution is 7.99. The van der Waals surface area contributed by atoms with Crippen LogP contribution >= 0.6 is 11.8 Å². The van der Waals surface area contributed by atoms with E-state index in [1.54, 1.807) is 23.6 Å². The summed E-state index contributed by atoms with van der Waals surface area (Å²) in [7, 11) is 0. The number of thioether (sulfide) groups is 1. The highest BCUT2D eigenvalue weighted by Gasteiger charge is 2.35. The van der Waals surface area contributed by atoms with Crippen LogP contribution < -0.4 is 5.73 Å². The van der Waals surface area contributed by atoms with Gasteiger partial charge in [0.1, 0.15) is 6.04 Å². The highest BCUT2D eigenvalue weighted by Crippen LogP contribution is 2.18. The van der Waals surface area contributed by atoms with Crippen molar-refractivity contribution in [2.24, 2.45) is 5.73 Å². The molecule has 1 saturated heterocycles. The van der Waals surface area contributed by atoms with Gasteiger partial charge in [0.2, 0.25) is 5.91 Å². The molecule has 1 unspecified atom stereocenters. The molecule has 2 N–H and O–H groups in total. The number of carbonyl (C=O) groups is 2. The number of amides is 1. The van der Waals surface area contributed by atoms with Gasteiger partial charge in [0.05, 0.1) is 12.6 Å². The van der Waals surface area contributed by atoms with Crippen LogP contribution in [-0.2, 0) is 14.3 Å². The van der Waals surface area contributed by atoms with Crippen molar-refractivity contribution in [1.82, 2.24) is 4.90 Å². The molecule has 1 fully saturated rings. The molecule has 1 aliphatic rings. The van der Waals surface area contributed by atoms with Crippen molar-refractivity contribution in [2.75, 3.05) is 24.7 Å². The van der Waals surface area contributed by atoms with Crippen molar-refractivity contribution >= 4 is 23.6 Å². The number of esters is 1. The maximum Gasteiger partial charge on any atom is 0.329 e. The molecule has 0 spiro atoms. The SMILES string of the molecule is CCOC(=O)C1CSCCN1C(=O)[C@@H](N)CC. The fourth-order valence-electron chi connectivity index (χ4n) is 1.69. The van der Waals surface area contributed by atoms with Crippen molar-refractivity contribution in [3.8, 4) is 0 Å². The van der Waals surface area contributed by atoms with E-state index in [2.05, 4.69) is 0 Å². The molecule has 1 heterocycles. The predicted octanol–water partition coefficient (Wildman–Crippen LogP) is 0.231. The summed E-state index contributed by atoms with van der Waals surface area (Å²) in [5, 5.41) is 0. The van der Waals surface area contributed by atoms with Gasteiger partial charge in [0, 0.05) is 18.1 Å². The summed E-state index contributed by atoms with van der Waals surface area (Å²) >= 11 is 1.66. The molecule has 0 bridgehead atoms. The minimum atomic E-state index is -0.518. The third-order valence-electron chi connectivity index (χ3n) is 2.73. The molecule has 98 valence electrons. The summed E-state index contributed by atoms with van der Waals surface area (Å²) in [6, 6.07) is -0.992. The van der Waals surface area contributed by atoms with Crippen LogP contribution in [0.4, 0.5) is 0 Å². The summed E-state index contributed by atoms with van der Waals surface area (Å²) in [5.41, 5.74) is 5.73. The Morgan fingerprint density at radius 2 is 2.24 bits per heavy atom. The number of hydrogen-bond acceptors (Lipinski definition) is 5. The van der Waals surface area contributed by atoms with E-state index in [0.29, 0.717) is 25.3 Å². The first-order valence-corrected chi connectivity index (χ1v) is 7.07. The van der Waals surface area contributed by atoms with Crippen molar-refractivity contribution in [3.05, 3.63) is 0 Å². The molecule has 1 aliphatic heterocycles. The van der Waals surface area contributed by atoms with E-state index in [0.717, 1.165) is 5.75 Å². The van der Waals surface area contributed by atoms with Crippen LogP contribution in [-0.4, -0.2) is 53.5 Å². The monoisotopic (exact) mass is 260 g/mol. The Hall–Kier alpha value is -0.750. The zero-order chi connectivity index (χ0) is 12.8. The Bertz CT molecular complexity index is 286. The normalized spacial score (nSPS) is 22.1. The van der Waals surface area contributed by atoms with E-state index in [1.165, 1.54) is 0 Å². The Balaban J connectivity index is 2.71. The number of ether oxygens (including phenoxy) is 1. The first-order valence-electron chi connectivity index (χ1n) is 5.92. The average Bonchev–Trinajstić information content (AvgIpc) is 2.37. The summed E-state index contributed by atoms with van der Waals surface area (Å²) < 4.78 is 4.99. The lowest BCUT2D eigenvalue weighted by Gasteiger charge is -2.35. The third-order valence-corrected chi connectivity index (χ3v) is 3.75. The third kappa shape index (κ3) is 3.61. The molecular weight excluding hydrogens is 240 g/mol. The second-order valence-electron chi connectivity index (χ2n) is 3.89. The second kappa shape index (κ2) is 6.86. The first kappa shape index (κ1) is 14.3. The molecule has 0 aromatic heterocycles. The van der Waals surface area contributed by atoms with Crippen molar-refractivity contribution in [1.29, 1.82) is 0 Å². The fourth-order valence-corrected chi connectivity index (χ4v) is 2.72. The molecule has 0 saturated carbocycles. The van der Waals surface area contributed by atoms with E-state index < -0.39 is 12.1 Å². The van der Waals surface area contributed by atoms with Gasteiger partial charge in [-0.25, -0.2) is 4.79 Å². The Labute approximate surface area is 106 Å². The van der Waals surface area contributed by atoms with Gasteiger partial charge in [-0.3, -0.25) is 4.79 Å². The maximum absolute atomic E-state index is 12.0. The van der Waals surface area contributed by atoms with Gasteiger partial charge < -0.3 is 15.4 Å². The van der Waals surface area contributed by atoms with Gasteiger partial charge in [-0.1, -0.05) is 6.92 Å². The lowest BCUT2D eigenvalue weighted by molar-refractivity contribution is -0.154. The smallest absolute Gasteiger partial charge is 0.329 e. The van der Waals surface area contributed by atoms with Crippen LogP contribution in [0.2, 0.25) is 0 Å².